The number of rotatable bonds is 33. The molecule has 0 spiro atoms. The maximum absolute atomic E-state index is 13.1. The van der Waals surface area contributed by atoms with Gasteiger partial charge in [-0.2, -0.15) is 10.4 Å². The van der Waals surface area contributed by atoms with Crippen molar-refractivity contribution in [2.24, 2.45) is 0 Å². The number of ether oxygens (including phenoxy) is 4. The molecule has 0 saturated heterocycles. The highest BCUT2D eigenvalue weighted by Crippen LogP contribution is 2.45. The first kappa shape index (κ1) is 48.3. The normalized spacial score (nSPS) is 14.9. The highest BCUT2D eigenvalue weighted by Gasteiger charge is 2.38. The Morgan fingerprint density at radius 2 is 1.54 bits per heavy atom. The number of hydrogen-bond donors (Lipinski definition) is 3. The summed E-state index contributed by atoms with van der Waals surface area (Å²) >= 11 is 0. The van der Waals surface area contributed by atoms with Crippen molar-refractivity contribution in [2.45, 2.75) is 147 Å². The summed E-state index contributed by atoms with van der Waals surface area (Å²) in [5.74, 6) is 0.784. The lowest BCUT2D eigenvalue weighted by Gasteiger charge is -2.33. The lowest BCUT2D eigenvalue weighted by molar-refractivity contribution is -0.116. The average molecular weight is 818 g/mol. The van der Waals surface area contributed by atoms with Crippen LogP contribution < -0.4 is 10.5 Å². The van der Waals surface area contributed by atoms with Crippen molar-refractivity contribution < 1.29 is 42.6 Å². The number of aliphatic hydroxyl groups is 1. The summed E-state index contributed by atoms with van der Waals surface area (Å²) in [6.45, 7) is 3.79. The second-order valence-corrected chi connectivity index (χ2v) is 16.4. The Labute approximate surface area is 340 Å². The van der Waals surface area contributed by atoms with Crippen molar-refractivity contribution in [1.29, 1.82) is 5.26 Å². The second kappa shape index (κ2) is 26.8. The summed E-state index contributed by atoms with van der Waals surface area (Å²) in [5.41, 5.74) is 6.92. The molecule has 0 radical (unpaired) electrons. The SMILES string of the molecule is CCCCCCCCCCCCCCCCCCOC[C@H](COP(=O)(O)OC[C@@](C)(OC)[C@@H](O)Cc1ccc2c(N)ncnn12)OCc1ccc(C#N)cc1OC. The summed E-state index contributed by atoms with van der Waals surface area (Å²) in [6, 6.07) is 10.6. The van der Waals surface area contributed by atoms with E-state index in [1.165, 1.54) is 104 Å². The topological polar surface area (TPSA) is 193 Å². The molecule has 320 valence electrons. The zero-order chi connectivity index (χ0) is 41.4. The van der Waals surface area contributed by atoms with Gasteiger partial charge in [-0.15, -0.1) is 0 Å². The van der Waals surface area contributed by atoms with Gasteiger partial charge < -0.3 is 34.7 Å². The fourth-order valence-electron chi connectivity index (χ4n) is 6.54. The molecular weight excluding hydrogens is 749 g/mol. The van der Waals surface area contributed by atoms with E-state index >= 15 is 0 Å². The molecule has 0 amide bonds. The highest BCUT2D eigenvalue weighted by molar-refractivity contribution is 7.47. The molecule has 0 bridgehead atoms. The molecular formula is C42H68N5O9P. The maximum Gasteiger partial charge on any atom is 0.472 e. The van der Waals surface area contributed by atoms with Crippen LogP contribution in [0.2, 0.25) is 0 Å². The lowest BCUT2D eigenvalue weighted by Crippen LogP contribution is -2.46. The highest BCUT2D eigenvalue weighted by atomic mass is 31.2. The van der Waals surface area contributed by atoms with Gasteiger partial charge in [0.25, 0.3) is 0 Å². The largest absolute Gasteiger partial charge is 0.496 e. The fraction of sp³-hybridized carbons (Fsp3) is 0.690. The van der Waals surface area contributed by atoms with E-state index in [1.807, 2.05) is 0 Å². The molecule has 0 aliphatic carbocycles. The van der Waals surface area contributed by atoms with Crippen LogP contribution in [-0.4, -0.2) is 83.1 Å². The number of nitrogens with zero attached hydrogens (tertiary/aromatic N) is 4. The number of fused-ring (bicyclic) bond motifs is 1. The summed E-state index contributed by atoms with van der Waals surface area (Å²) in [4.78, 5) is 14.7. The van der Waals surface area contributed by atoms with Crippen LogP contribution in [-0.2, 0) is 40.9 Å². The van der Waals surface area contributed by atoms with E-state index in [0.717, 1.165) is 19.3 Å². The Bertz CT molecular complexity index is 1650. The molecule has 0 aliphatic heterocycles. The maximum atomic E-state index is 13.1. The predicted molar refractivity (Wildman–Crippen MR) is 221 cm³/mol. The van der Waals surface area contributed by atoms with Gasteiger partial charge in [0.15, 0.2) is 5.82 Å². The van der Waals surface area contributed by atoms with Crippen molar-refractivity contribution in [3.05, 3.63) is 53.5 Å². The Balaban J connectivity index is 1.43. The second-order valence-electron chi connectivity index (χ2n) is 15.0. The van der Waals surface area contributed by atoms with Gasteiger partial charge in [0.1, 0.15) is 29.3 Å². The van der Waals surface area contributed by atoms with Crippen LogP contribution in [0.15, 0.2) is 36.7 Å². The number of nitriles is 1. The van der Waals surface area contributed by atoms with Crippen LogP contribution in [0.5, 0.6) is 5.75 Å². The van der Waals surface area contributed by atoms with Gasteiger partial charge in [0, 0.05) is 31.4 Å². The third-order valence-corrected chi connectivity index (χ3v) is 11.3. The van der Waals surface area contributed by atoms with E-state index in [9.17, 15) is 19.8 Å². The van der Waals surface area contributed by atoms with Gasteiger partial charge in [-0.1, -0.05) is 109 Å². The number of hydrogen-bond acceptors (Lipinski definition) is 12. The summed E-state index contributed by atoms with van der Waals surface area (Å²) in [5, 5.41) is 24.6. The number of benzene rings is 1. The Morgan fingerprint density at radius 1 is 0.912 bits per heavy atom. The number of unbranched alkanes of at least 4 members (excludes halogenated alkanes) is 15. The zero-order valence-electron chi connectivity index (χ0n) is 34.7. The molecule has 0 aliphatic rings. The standard InChI is InChI=1S/C42H68N5O9P/c1-5-6-7-8-9-10-11-12-13-14-15-16-17-18-19-20-25-53-30-37(54-29-35-22-21-34(28-43)26-39(35)51-3)31-55-57(49,50)56-32-42(2,52-4)40(48)27-36-23-24-38-41(44)45-33-46-47(36)38/h21-24,26,33,37,40,48H,5-20,25,27,29-32H2,1-4H3,(H,49,50)(H2,44,45,46)/t37-,40+,42-/m1/s1. The average Bonchev–Trinajstić information content (AvgIpc) is 3.63. The van der Waals surface area contributed by atoms with Crippen LogP contribution >= 0.6 is 7.82 Å². The van der Waals surface area contributed by atoms with Crippen LogP contribution in [0.25, 0.3) is 5.52 Å². The number of phosphoric acid groups is 1. The van der Waals surface area contributed by atoms with Crippen molar-refractivity contribution in [2.75, 3.05) is 46.4 Å². The minimum Gasteiger partial charge on any atom is -0.496 e. The van der Waals surface area contributed by atoms with Crippen LogP contribution in [0.4, 0.5) is 5.82 Å². The Hall–Kier alpha value is -3.12. The molecule has 0 fully saturated rings. The van der Waals surface area contributed by atoms with Crippen LogP contribution in [0.3, 0.4) is 0 Å². The van der Waals surface area contributed by atoms with Crippen LogP contribution in [0.1, 0.15) is 133 Å². The van der Waals surface area contributed by atoms with Gasteiger partial charge in [-0.3, -0.25) is 9.05 Å². The Kier molecular flexibility index (Phi) is 22.7. The van der Waals surface area contributed by atoms with Gasteiger partial charge >= 0.3 is 7.82 Å². The van der Waals surface area contributed by atoms with E-state index in [-0.39, 0.29) is 26.2 Å². The molecule has 3 rings (SSSR count). The minimum atomic E-state index is -4.64. The number of phosphoric ester groups is 1. The third-order valence-electron chi connectivity index (χ3n) is 10.4. The van der Waals surface area contributed by atoms with Crippen molar-refractivity contribution in [3.8, 4) is 11.8 Å². The molecule has 4 N–H and O–H groups in total. The van der Waals surface area contributed by atoms with E-state index in [2.05, 4.69) is 23.1 Å². The smallest absolute Gasteiger partial charge is 0.472 e. The minimum absolute atomic E-state index is 0.0837. The summed E-state index contributed by atoms with van der Waals surface area (Å²) in [7, 11) is -1.75. The number of methoxy groups -OCH3 is 2. The van der Waals surface area contributed by atoms with Gasteiger partial charge in [0.2, 0.25) is 0 Å². The lowest BCUT2D eigenvalue weighted by atomic mass is 9.96. The van der Waals surface area contributed by atoms with E-state index in [1.54, 1.807) is 41.8 Å². The number of nitrogen functional groups attached to an aromatic ring is 1. The number of nitrogens with two attached hydrogens (primary N) is 1. The molecule has 2 aromatic heterocycles. The molecule has 4 atom stereocenters. The van der Waals surface area contributed by atoms with E-state index in [4.69, 9.17) is 33.7 Å². The Morgan fingerprint density at radius 3 is 2.14 bits per heavy atom. The number of aliphatic hydroxyl groups excluding tert-OH is 1. The molecule has 2 heterocycles. The molecule has 0 saturated carbocycles. The van der Waals surface area contributed by atoms with Crippen molar-refractivity contribution >= 4 is 19.2 Å². The van der Waals surface area contributed by atoms with Gasteiger partial charge in [-0.05, 0) is 37.6 Å². The van der Waals surface area contributed by atoms with E-state index < -0.39 is 32.2 Å². The first-order chi connectivity index (χ1) is 27.6. The van der Waals surface area contributed by atoms with E-state index in [0.29, 0.717) is 40.5 Å². The molecule has 57 heavy (non-hydrogen) atoms. The molecule has 15 heteroatoms. The summed E-state index contributed by atoms with van der Waals surface area (Å²) in [6.07, 6.45) is 20.1. The number of aromatic nitrogens is 3. The van der Waals surface area contributed by atoms with Gasteiger partial charge in [-0.25, -0.2) is 14.1 Å². The first-order valence-electron chi connectivity index (χ1n) is 20.7. The molecule has 3 aromatic rings. The zero-order valence-corrected chi connectivity index (χ0v) is 35.6. The van der Waals surface area contributed by atoms with Crippen molar-refractivity contribution in [3.63, 3.8) is 0 Å². The fourth-order valence-corrected chi connectivity index (χ4v) is 7.39. The quantitative estimate of drug-likeness (QED) is 0.0392. The molecule has 1 aromatic carbocycles. The predicted octanol–water partition coefficient (Wildman–Crippen LogP) is 8.50. The molecule has 1 unspecified atom stereocenters. The van der Waals surface area contributed by atoms with Crippen molar-refractivity contribution in [1.82, 2.24) is 14.6 Å². The first-order valence-corrected chi connectivity index (χ1v) is 22.2. The number of anilines is 1. The molecule has 14 nitrogen and oxygen atoms in total. The van der Waals surface area contributed by atoms with Gasteiger partial charge in [0.05, 0.1) is 51.3 Å². The van der Waals surface area contributed by atoms with Crippen LogP contribution in [0, 0.1) is 11.3 Å². The third kappa shape index (κ3) is 17.7. The monoisotopic (exact) mass is 817 g/mol. The summed E-state index contributed by atoms with van der Waals surface area (Å²) < 4.78 is 48.5.